The zero-order valence-corrected chi connectivity index (χ0v) is 12.2. The van der Waals surface area contributed by atoms with E-state index in [0.29, 0.717) is 18.6 Å². The summed E-state index contributed by atoms with van der Waals surface area (Å²) < 4.78 is 5.00. The summed E-state index contributed by atoms with van der Waals surface area (Å²) in [6, 6.07) is 12.0. The lowest BCUT2D eigenvalue weighted by Crippen LogP contribution is -2.07. The van der Waals surface area contributed by atoms with Gasteiger partial charge in [-0.3, -0.25) is 0 Å². The number of hydrogen-bond acceptors (Lipinski definition) is 2. The van der Waals surface area contributed by atoms with E-state index < -0.39 is 0 Å². The largest absolute Gasteiger partial charge is 0.462 e. The van der Waals surface area contributed by atoms with Gasteiger partial charge in [0, 0.05) is 5.57 Å². The molecule has 0 aliphatic rings. The normalized spacial score (nSPS) is 9.16. The van der Waals surface area contributed by atoms with Crippen molar-refractivity contribution in [1.29, 1.82) is 0 Å². The third-order valence-electron chi connectivity index (χ3n) is 2.61. The fourth-order valence-corrected chi connectivity index (χ4v) is 1.33. The summed E-state index contributed by atoms with van der Waals surface area (Å²) in [7, 11) is 0. The van der Waals surface area contributed by atoms with E-state index in [1.165, 1.54) is 12.8 Å². The number of unbranched alkanes of at least 4 members (excludes halogenated alkanes) is 3. The molecule has 0 aromatic heterocycles. The lowest BCUT2D eigenvalue weighted by Gasteiger charge is -2.04. The van der Waals surface area contributed by atoms with E-state index in [2.05, 4.69) is 13.5 Å². The van der Waals surface area contributed by atoms with Gasteiger partial charge in [0.05, 0.1) is 6.61 Å². The molecule has 19 heavy (non-hydrogen) atoms. The molecule has 0 radical (unpaired) electrons. The Balaban J connectivity index is 0.000000443. The van der Waals surface area contributed by atoms with Crippen LogP contribution in [0.5, 0.6) is 0 Å². The number of hydrogen-bond donors (Lipinski definition) is 0. The Bertz CT molecular complexity index is 304. The van der Waals surface area contributed by atoms with E-state index in [1.807, 2.05) is 43.3 Å². The maximum absolute atomic E-state index is 11.1. The fraction of sp³-hybridized carbons (Fsp3) is 0.471. The topological polar surface area (TPSA) is 26.3 Å². The first-order valence-electron chi connectivity index (χ1n) is 7.07. The second kappa shape index (κ2) is 12.9. The molecule has 0 heterocycles. The van der Waals surface area contributed by atoms with Crippen LogP contribution < -0.4 is 0 Å². The highest BCUT2D eigenvalue weighted by Gasteiger charge is 2.04. The molecule has 0 amide bonds. The van der Waals surface area contributed by atoms with E-state index in [4.69, 9.17) is 4.74 Å². The van der Waals surface area contributed by atoms with Crippen LogP contribution in [0.15, 0.2) is 48.6 Å². The van der Waals surface area contributed by atoms with E-state index >= 15 is 0 Å². The Morgan fingerprint density at radius 2 is 1.47 bits per heavy atom. The van der Waals surface area contributed by atoms with E-state index in [0.717, 1.165) is 12.8 Å². The molecule has 2 nitrogen and oxygen atoms in total. The molecule has 1 aromatic rings. The van der Waals surface area contributed by atoms with Crippen molar-refractivity contribution in [3.63, 3.8) is 0 Å². The summed E-state index contributed by atoms with van der Waals surface area (Å²) in [5.74, 6) is -0.237. The molecular weight excluding hydrogens is 236 g/mol. The predicted octanol–water partition coefficient (Wildman–Crippen LogP) is 4.76. The van der Waals surface area contributed by atoms with Gasteiger partial charge in [0.2, 0.25) is 0 Å². The van der Waals surface area contributed by atoms with Gasteiger partial charge in [0.15, 0.2) is 0 Å². The molecule has 0 N–H and O–H groups in total. The minimum absolute atomic E-state index is 0.237. The smallest absolute Gasteiger partial charge is 0.333 e. The van der Waals surface area contributed by atoms with Crippen molar-refractivity contribution in [2.75, 3.05) is 6.61 Å². The molecule has 1 rings (SSSR count). The van der Waals surface area contributed by atoms with E-state index in [1.54, 1.807) is 0 Å². The molecule has 106 valence electrons. The lowest BCUT2D eigenvalue weighted by atomic mass is 10.2. The Morgan fingerprint density at radius 1 is 0.947 bits per heavy atom. The maximum atomic E-state index is 11.1. The van der Waals surface area contributed by atoms with Crippen LogP contribution in [0.1, 0.15) is 46.0 Å². The first-order valence-corrected chi connectivity index (χ1v) is 7.07. The van der Waals surface area contributed by atoms with Crippen LogP contribution in [0.3, 0.4) is 0 Å². The Morgan fingerprint density at radius 3 is 1.89 bits per heavy atom. The quantitative estimate of drug-likeness (QED) is 0.402. The lowest BCUT2D eigenvalue weighted by molar-refractivity contribution is -0.139. The fourth-order valence-electron chi connectivity index (χ4n) is 1.33. The van der Waals surface area contributed by atoms with Gasteiger partial charge >= 0.3 is 5.97 Å². The van der Waals surface area contributed by atoms with Crippen molar-refractivity contribution in [2.24, 2.45) is 0 Å². The van der Waals surface area contributed by atoms with Gasteiger partial charge in [-0.05, 0) is 12.8 Å². The highest BCUT2D eigenvalue weighted by atomic mass is 16.5. The van der Waals surface area contributed by atoms with Crippen LogP contribution in [0.2, 0.25) is 0 Å². The average Bonchev–Trinajstić information content (AvgIpc) is 2.48. The number of rotatable bonds is 7. The van der Waals surface area contributed by atoms with E-state index in [9.17, 15) is 4.79 Å². The van der Waals surface area contributed by atoms with Crippen LogP contribution in [0.25, 0.3) is 0 Å². The maximum Gasteiger partial charge on any atom is 0.333 e. The number of carbonyl (C=O) groups excluding carboxylic acids is 1. The minimum atomic E-state index is -0.237. The Kier molecular flexibility index (Phi) is 11.8. The highest BCUT2D eigenvalue weighted by Crippen LogP contribution is 2.03. The molecule has 0 saturated heterocycles. The molecule has 0 unspecified atom stereocenters. The molecule has 0 spiro atoms. The summed E-state index contributed by atoms with van der Waals surface area (Å²) in [4.78, 5) is 11.1. The molecule has 0 aliphatic heterocycles. The zero-order chi connectivity index (χ0) is 14.3. The third kappa shape index (κ3) is 11.3. The summed E-state index contributed by atoms with van der Waals surface area (Å²) in [5, 5.41) is 0. The number of benzene rings is 1. The van der Waals surface area contributed by atoms with Crippen LogP contribution in [0, 0.1) is 0 Å². The molecular formula is C17H26O2. The molecule has 0 saturated carbocycles. The average molecular weight is 262 g/mol. The number of carbonyl (C=O) groups is 1. The Hall–Kier alpha value is -1.57. The van der Waals surface area contributed by atoms with Gasteiger partial charge in [-0.15, -0.1) is 0 Å². The zero-order valence-electron chi connectivity index (χ0n) is 12.2. The van der Waals surface area contributed by atoms with Gasteiger partial charge in [-0.1, -0.05) is 76.1 Å². The van der Waals surface area contributed by atoms with Crippen LogP contribution in [-0.2, 0) is 9.53 Å². The SMILES string of the molecule is C=C(CC)C(=O)OCCCCCC.c1ccccc1. The second-order valence-corrected chi connectivity index (χ2v) is 4.31. The monoisotopic (exact) mass is 262 g/mol. The van der Waals surface area contributed by atoms with Crippen molar-refractivity contribution in [1.82, 2.24) is 0 Å². The van der Waals surface area contributed by atoms with Crippen molar-refractivity contribution in [2.45, 2.75) is 46.0 Å². The van der Waals surface area contributed by atoms with Crippen molar-refractivity contribution in [3.05, 3.63) is 48.6 Å². The standard InChI is InChI=1S/C11H20O2.C6H6/c1-4-6-7-8-9-13-11(12)10(3)5-2;1-2-4-6-5-3-1/h3-9H2,1-2H3;1-6H. The summed E-state index contributed by atoms with van der Waals surface area (Å²) >= 11 is 0. The number of esters is 1. The van der Waals surface area contributed by atoms with E-state index in [-0.39, 0.29) is 5.97 Å². The molecule has 2 heteroatoms. The van der Waals surface area contributed by atoms with Crippen LogP contribution >= 0.6 is 0 Å². The van der Waals surface area contributed by atoms with Crippen molar-refractivity contribution >= 4 is 5.97 Å². The molecule has 1 aromatic carbocycles. The summed E-state index contributed by atoms with van der Waals surface area (Å²) in [6.07, 6.45) is 5.20. The first-order chi connectivity index (χ1) is 9.22. The van der Waals surface area contributed by atoms with Crippen LogP contribution in [-0.4, -0.2) is 12.6 Å². The highest BCUT2D eigenvalue weighted by molar-refractivity contribution is 5.87. The van der Waals surface area contributed by atoms with Gasteiger partial charge < -0.3 is 4.74 Å². The predicted molar refractivity (Wildman–Crippen MR) is 81.0 cm³/mol. The molecule has 0 atom stereocenters. The third-order valence-corrected chi connectivity index (χ3v) is 2.61. The Labute approximate surface area is 117 Å². The van der Waals surface area contributed by atoms with Crippen molar-refractivity contribution in [3.8, 4) is 0 Å². The summed E-state index contributed by atoms with van der Waals surface area (Å²) in [5.41, 5.74) is 0.565. The molecule has 0 fully saturated rings. The van der Waals surface area contributed by atoms with Gasteiger partial charge in [0.1, 0.15) is 0 Å². The molecule has 0 aliphatic carbocycles. The van der Waals surface area contributed by atoms with Gasteiger partial charge in [0.25, 0.3) is 0 Å². The van der Waals surface area contributed by atoms with Crippen LogP contribution in [0.4, 0.5) is 0 Å². The summed E-state index contributed by atoms with van der Waals surface area (Å²) in [6.45, 7) is 8.21. The first kappa shape index (κ1) is 17.4. The minimum Gasteiger partial charge on any atom is -0.462 e. The number of ether oxygens (including phenoxy) is 1. The molecule has 0 bridgehead atoms. The van der Waals surface area contributed by atoms with Gasteiger partial charge in [-0.2, -0.15) is 0 Å². The van der Waals surface area contributed by atoms with Crippen molar-refractivity contribution < 1.29 is 9.53 Å². The van der Waals surface area contributed by atoms with Gasteiger partial charge in [-0.25, -0.2) is 4.79 Å². The second-order valence-electron chi connectivity index (χ2n) is 4.31.